The number of hydrogen-bond acceptors (Lipinski definition) is 13. The van der Waals surface area contributed by atoms with Crippen molar-refractivity contribution < 1.29 is 64.6 Å². The monoisotopic (exact) mass is 934 g/mol. The lowest BCUT2D eigenvalue weighted by Crippen LogP contribution is -2.65. The first kappa shape index (κ1) is 60.1. The summed E-state index contributed by atoms with van der Waals surface area (Å²) in [4.78, 5) is 13.2. The van der Waals surface area contributed by atoms with Gasteiger partial charge in [0.15, 0.2) is 12.6 Å². The molecule has 2 fully saturated rings. The van der Waals surface area contributed by atoms with Gasteiger partial charge < -0.3 is 65.1 Å². The van der Waals surface area contributed by atoms with Gasteiger partial charge in [-0.05, 0) is 12.8 Å². The maximum Gasteiger partial charge on any atom is 0.220 e. The molecule has 0 spiro atoms. The highest BCUT2D eigenvalue weighted by molar-refractivity contribution is 5.76. The Balaban J connectivity index is 1.81. The molecular formula is C51H99NO13. The second-order valence-electron chi connectivity index (χ2n) is 19.4. The highest BCUT2D eigenvalue weighted by Crippen LogP contribution is 2.30. The van der Waals surface area contributed by atoms with Crippen LogP contribution in [0.2, 0.25) is 0 Å². The lowest BCUT2D eigenvalue weighted by Gasteiger charge is -2.46. The Kier molecular flexibility index (Phi) is 35.9. The number of hydrogen-bond donors (Lipinski definition) is 9. The first-order valence-corrected chi connectivity index (χ1v) is 26.8. The molecule has 0 aromatic heterocycles. The number of unbranched alkanes of at least 4 members (excludes halogenated alkanes) is 29. The van der Waals surface area contributed by atoms with E-state index in [2.05, 4.69) is 19.2 Å². The fourth-order valence-electron chi connectivity index (χ4n) is 9.18. The van der Waals surface area contributed by atoms with Crippen LogP contribution in [0, 0.1) is 0 Å². The summed E-state index contributed by atoms with van der Waals surface area (Å²) < 4.78 is 22.8. The van der Waals surface area contributed by atoms with Gasteiger partial charge in [0.2, 0.25) is 5.91 Å². The predicted octanol–water partition coefficient (Wildman–Crippen LogP) is 7.39. The van der Waals surface area contributed by atoms with Gasteiger partial charge in [-0.15, -0.1) is 0 Å². The van der Waals surface area contributed by atoms with Crippen molar-refractivity contribution in [3.8, 4) is 0 Å². The molecular weight excluding hydrogens is 835 g/mol. The van der Waals surface area contributed by atoms with Crippen molar-refractivity contribution in [2.24, 2.45) is 0 Å². The summed E-state index contributed by atoms with van der Waals surface area (Å²) in [6, 6.07) is -0.821. The molecule has 12 atom stereocenters. The van der Waals surface area contributed by atoms with Crippen LogP contribution in [0.25, 0.3) is 0 Å². The minimum Gasteiger partial charge on any atom is -0.394 e. The number of rotatable bonds is 42. The third-order valence-corrected chi connectivity index (χ3v) is 13.6. The van der Waals surface area contributed by atoms with E-state index < -0.39 is 86.8 Å². The van der Waals surface area contributed by atoms with Crippen molar-refractivity contribution >= 4 is 5.91 Å². The van der Waals surface area contributed by atoms with Crippen LogP contribution >= 0.6 is 0 Å². The molecule has 14 heteroatoms. The van der Waals surface area contributed by atoms with Crippen LogP contribution in [-0.4, -0.2) is 140 Å². The van der Waals surface area contributed by atoms with Crippen molar-refractivity contribution in [2.45, 2.75) is 299 Å². The van der Waals surface area contributed by atoms with E-state index in [1.54, 1.807) is 0 Å². The average Bonchev–Trinajstić information content (AvgIpc) is 3.30. The molecule has 1 amide bonds. The fourth-order valence-corrected chi connectivity index (χ4v) is 9.18. The van der Waals surface area contributed by atoms with Crippen molar-refractivity contribution in [3.05, 3.63) is 0 Å². The van der Waals surface area contributed by atoms with Crippen LogP contribution in [0.4, 0.5) is 0 Å². The van der Waals surface area contributed by atoms with Gasteiger partial charge in [-0.3, -0.25) is 4.79 Å². The highest BCUT2D eigenvalue weighted by atomic mass is 16.7. The van der Waals surface area contributed by atoms with E-state index in [9.17, 15) is 45.6 Å². The molecule has 0 aromatic carbocycles. The Labute approximate surface area is 393 Å². The first-order chi connectivity index (χ1) is 31.6. The molecule has 0 aromatic rings. The quantitative estimate of drug-likeness (QED) is 0.0273. The lowest BCUT2D eigenvalue weighted by atomic mass is 9.97. The zero-order chi connectivity index (χ0) is 47.5. The van der Waals surface area contributed by atoms with E-state index in [1.807, 2.05) is 0 Å². The Bertz CT molecular complexity index is 1100. The van der Waals surface area contributed by atoms with Crippen molar-refractivity contribution in [2.75, 3.05) is 19.8 Å². The van der Waals surface area contributed by atoms with Crippen LogP contribution < -0.4 is 5.32 Å². The van der Waals surface area contributed by atoms with Crippen molar-refractivity contribution in [1.82, 2.24) is 5.32 Å². The molecule has 2 rings (SSSR count). The molecule has 14 nitrogen and oxygen atoms in total. The third kappa shape index (κ3) is 26.0. The third-order valence-electron chi connectivity index (χ3n) is 13.6. The average molecular weight is 934 g/mol. The summed E-state index contributed by atoms with van der Waals surface area (Å²) in [6.45, 7) is 2.87. The van der Waals surface area contributed by atoms with E-state index in [0.29, 0.717) is 12.8 Å². The number of aliphatic hydroxyl groups is 8. The molecule has 9 N–H and O–H groups in total. The minimum absolute atomic E-state index is 0.203. The molecule has 2 heterocycles. The highest BCUT2D eigenvalue weighted by Gasteiger charge is 2.51. The second kappa shape index (κ2) is 38.8. The smallest absolute Gasteiger partial charge is 0.220 e. The topological polar surface area (TPSA) is 228 Å². The summed E-state index contributed by atoms with van der Waals surface area (Å²) in [6.07, 6.45) is 22.4. The molecule has 2 aliphatic rings. The SMILES string of the molecule is CCCCCCCCCCCCCCCCCCC[C@@H](O)[C@H](CO[C@@H]1O[C@H](CO)[C@@H](O[C@@H]2O[C@H](CO)[C@H](O)C(O)C2O)C(O)C1O)NC(=O)CCCCCCCCCCCCCCCC. The first-order valence-electron chi connectivity index (χ1n) is 26.8. The zero-order valence-corrected chi connectivity index (χ0v) is 41.0. The Morgan fingerprint density at radius 1 is 0.492 bits per heavy atom. The number of carbonyl (C=O) groups excluding carboxylic acids is 1. The van der Waals surface area contributed by atoms with Gasteiger partial charge in [0.1, 0.15) is 48.8 Å². The normalized spacial score (nSPS) is 26.9. The fraction of sp³-hybridized carbons (Fsp3) is 0.980. The largest absolute Gasteiger partial charge is 0.394 e. The van der Waals surface area contributed by atoms with Gasteiger partial charge in [-0.1, -0.05) is 206 Å². The summed E-state index contributed by atoms with van der Waals surface area (Å²) in [5.74, 6) is -0.203. The van der Waals surface area contributed by atoms with Gasteiger partial charge in [0.25, 0.3) is 0 Å². The standard InChI is InChI=1S/C51H99NO13/c1-3-5-7-9-11-13-15-17-19-20-21-22-24-26-28-30-32-34-40(55)39(52-43(56)35-33-31-29-27-25-23-18-16-14-12-10-8-6-4-2)38-62-50-48(61)46(59)49(42(37-54)64-50)65-51-47(60)45(58)44(57)41(36-53)63-51/h39-42,44-51,53-55,57-61H,3-38H2,1-2H3,(H,52,56)/t39-,40+,41+,42+,44-,45?,46?,47?,48?,49+,50+,51-/m0/s1. The number of carbonyl (C=O) groups is 1. The molecule has 0 aliphatic carbocycles. The Hall–Kier alpha value is -1.01. The molecule has 2 saturated heterocycles. The molecule has 4 unspecified atom stereocenters. The van der Waals surface area contributed by atoms with Gasteiger partial charge in [-0.25, -0.2) is 0 Å². The van der Waals surface area contributed by atoms with E-state index in [1.165, 1.54) is 148 Å². The van der Waals surface area contributed by atoms with Crippen LogP contribution in [0.5, 0.6) is 0 Å². The van der Waals surface area contributed by atoms with E-state index in [0.717, 1.165) is 51.4 Å². The van der Waals surface area contributed by atoms with Crippen molar-refractivity contribution in [3.63, 3.8) is 0 Å². The molecule has 386 valence electrons. The van der Waals surface area contributed by atoms with Gasteiger partial charge >= 0.3 is 0 Å². The summed E-state index contributed by atoms with van der Waals surface area (Å²) in [5.41, 5.74) is 0. The van der Waals surface area contributed by atoms with Crippen LogP contribution in [0.1, 0.15) is 226 Å². The van der Waals surface area contributed by atoms with E-state index in [-0.39, 0.29) is 12.5 Å². The molecule has 2 aliphatic heterocycles. The number of nitrogens with one attached hydrogen (secondary N) is 1. The molecule has 65 heavy (non-hydrogen) atoms. The molecule has 0 radical (unpaired) electrons. The lowest BCUT2D eigenvalue weighted by molar-refractivity contribution is -0.359. The summed E-state index contributed by atoms with van der Waals surface area (Å²) in [7, 11) is 0. The second-order valence-corrected chi connectivity index (χ2v) is 19.4. The minimum atomic E-state index is -1.78. The summed E-state index contributed by atoms with van der Waals surface area (Å²) in [5, 5.41) is 87.0. The van der Waals surface area contributed by atoms with Gasteiger partial charge in [0, 0.05) is 6.42 Å². The van der Waals surface area contributed by atoms with E-state index in [4.69, 9.17) is 18.9 Å². The van der Waals surface area contributed by atoms with Crippen LogP contribution in [-0.2, 0) is 23.7 Å². The van der Waals surface area contributed by atoms with Crippen LogP contribution in [0.3, 0.4) is 0 Å². The maximum absolute atomic E-state index is 13.2. The predicted molar refractivity (Wildman–Crippen MR) is 254 cm³/mol. The Morgan fingerprint density at radius 2 is 0.877 bits per heavy atom. The maximum atomic E-state index is 13.2. The van der Waals surface area contributed by atoms with E-state index >= 15 is 0 Å². The summed E-state index contributed by atoms with van der Waals surface area (Å²) >= 11 is 0. The number of ether oxygens (including phenoxy) is 4. The zero-order valence-electron chi connectivity index (χ0n) is 41.0. The molecule has 0 bridgehead atoms. The van der Waals surface area contributed by atoms with Crippen LogP contribution in [0.15, 0.2) is 0 Å². The Morgan fingerprint density at radius 3 is 1.31 bits per heavy atom. The van der Waals surface area contributed by atoms with Crippen molar-refractivity contribution in [1.29, 1.82) is 0 Å². The van der Waals surface area contributed by atoms with Gasteiger partial charge in [-0.2, -0.15) is 0 Å². The number of aliphatic hydroxyl groups excluding tert-OH is 8. The molecule has 0 saturated carbocycles. The number of amides is 1. The van der Waals surface area contributed by atoms with Gasteiger partial charge in [0.05, 0.1) is 32.0 Å².